The van der Waals surface area contributed by atoms with Gasteiger partial charge in [-0.2, -0.15) is 0 Å². The van der Waals surface area contributed by atoms with Crippen molar-refractivity contribution in [3.8, 4) is 0 Å². The molecule has 2 heterocycles. The third-order valence-corrected chi connectivity index (χ3v) is 10.2. The summed E-state index contributed by atoms with van der Waals surface area (Å²) in [5, 5.41) is 0. The van der Waals surface area contributed by atoms with Crippen molar-refractivity contribution in [2.24, 2.45) is 0 Å². The molecule has 0 aromatic heterocycles. The van der Waals surface area contributed by atoms with E-state index in [1.165, 1.54) is 59.0 Å². The van der Waals surface area contributed by atoms with Crippen LogP contribution in [-0.4, -0.2) is 52.9 Å². The Kier molecular flexibility index (Phi) is 3.88. The molecule has 2 unspecified atom stereocenters. The van der Waals surface area contributed by atoms with Crippen LogP contribution >= 0.6 is 0 Å². The fourth-order valence-electron chi connectivity index (χ4n) is 3.05. The maximum absolute atomic E-state index is 6.10. The normalized spacial score (nSPS) is 44.0. The molecule has 0 N–H and O–H groups in total. The summed E-state index contributed by atoms with van der Waals surface area (Å²) < 4.78 is 12.2. The predicted octanol–water partition coefficient (Wildman–Crippen LogP) is -1.41. The van der Waals surface area contributed by atoms with E-state index < -0.39 is 0 Å². The van der Waals surface area contributed by atoms with Gasteiger partial charge in [0.05, 0.1) is 9.52 Å². The van der Waals surface area contributed by atoms with E-state index in [9.17, 15) is 0 Å². The van der Waals surface area contributed by atoms with Gasteiger partial charge in [0.25, 0.3) is 0 Å². The molecule has 88 valence electrons. The second kappa shape index (κ2) is 4.83. The lowest BCUT2D eigenvalue weighted by molar-refractivity contribution is 0.00599. The van der Waals surface area contributed by atoms with Gasteiger partial charge in [0.1, 0.15) is 0 Å². The first-order chi connectivity index (χ1) is 7.12. The summed E-state index contributed by atoms with van der Waals surface area (Å²) in [6, 6.07) is 0. The highest BCUT2D eigenvalue weighted by Gasteiger charge is 2.39. The highest BCUT2D eigenvalue weighted by molar-refractivity contribution is 6.63. The summed E-state index contributed by atoms with van der Waals surface area (Å²) in [7, 11) is 2.26. The van der Waals surface area contributed by atoms with Crippen molar-refractivity contribution in [1.29, 1.82) is 0 Å². The van der Waals surface area contributed by atoms with E-state index in [0.29, 0.717) is 9.70 Å². The van der Waals surface area contributed by atoms with Crippen molar-refractivity contribution in [2.75, 3.05) is 13.2 Å². The van der Waals surface area contributed by atoms with Crippen molar-refractivity contribution in [1.82, 2.24) is 0 Å². The van der Waals surface area contributed by atoms with E-state index in [0.717, 1.165) is 13.2 Å². The maximum atomic E-state index is 6.10. The van der Waals surface area contributed by atoms with Crippen molar-refractivity contribution >= 4 is 30.0 Å². The molecular weight excluding hydrogens is 236 g/mol. The molecule has 0 bridgehead atoms. The van der Waals surface area contributed by atoms with Crippen LogP contribution in [0.15, 0.2) is 0 Å². The van der Waals surface area contributed by atoms with Crippen LogP contribution in [0, 0.1) is 0 Å². The minimum absolute atomic E-state index is 0.194. The van der Waals surface area contributed by atoms with Crippen molar-refractivity contribution in [2.45, 2.75) is 48.2 Å². The van der Waals surface area contributed by atoms with E-state index >= 15 is 0 Å². The first-order valence-electron chi connectivity index (χ1n) is 6.40. The molecule has 2 fully saturated rings. The minimum Gasteiger partial charge on any atom is -0.383 e. The standard InChI is InChI=1S/C10H24O2Si3/c13-9(5-1-3-7-11-9)15-10(14)6-2-4-8-12-10/h1-8,15H2,13-14H3. The molecule has 5 heteroatoms. The molecule has 0 saturated carbocycles. The lowest BCUT2D eigenvalue weighted by Crippen LogP contribution is -2.56. The number of rotatable bonds is 2. The van der Waals surface area contributed by atoms with E-state index in [1.807, 2.05) is 0 Å². The maximum Gasteiger partial charge on any atom is 0.0870 e. The van der Waals surface area contributed by atoms with Crippen LogP contribution in [0.4, 0.5) is 0 Å². The van der Waals surface area contributed by atoms with E-state index in [-0.39, 0.29) is 9.52 Å². The van der Waals surface area contributed by atoms with Gasteiger partial charge in [-0.05, 0) is 38.5 Å². The van der Waals surface area contributed by atoms with Crippen molar-refractivity contribution in [3.63, 3.8) is 0 Å². The first kappa shape index (κ1) is 12.0. The quantitative estimate of drug-likeness (QED) is 0.569. The molecule has 0 aromatic rings. The number of ether oxygens (including phenoxy) is 2. The molecule has 2 aliphatic rings. The summed E-state index contributed by atoms with van der Waals surface area (Å²) in [6.45, 7) is 2.04. The zero-order valence-corrected chi connectivity index (χ0v) is 15.6. The van der Waals surface area contributed by atoms with Gasteiger partial charge in [-0.15, -0.1) is 0 Å². The van der Waals surface area contributed by atoms with E-state index in [4.69, 9.17) is 9.47 Å². The Morgan fingerprint density at radius 3 is 1.60 bits per heavy atom. The van der Waals surface area contributed by atoms with Crippen molar-refractivity contribution in [3.05, 3.63) is 0 Å². The van der Waals surface area contributed by atoms with E-state index in [1.54, 1.807) is 0 Å². The zero-order valence-electron chi connectivity index (χ0n) is 10.2. The van der Waals surface area contributed by atoms with Gasteiger partial charge in [0.15, 0.2) is 0 Å². The molecule has 15 heavy (non-hydrogen) atoms. The van der Waals surface area contributed by atoms with E-state index in [2.05, 4.69) is 0 Å². The average Bonchev–Trinajstić information content (AvgIpc) is 2.18. The summed E-state index contributed by atoms with van der Waals surface area (Å²) >= 11 is 0. The molecule has 0 aliphatic carbocycles. The third-order valence-electron chi connectivity index (χ3n) is 3.85. The fraction of sp³-hybridized carbons (Fsp3) is 1.00. The predicted molar refractivity (Wildman–Crippen MR) is 73.5 cm³/mol. The largest absolute Gasteiger partial charge is 0.383 e. The lowest BCUT2D eigenvalue weighted by atomic mass is 10.2. The second-order valence-corrected chi connectivity index (χ2v) is 15.5. The van der Waals surface area contributed by atoms with Crippen LogP contribution in [0.3, 0.4) is 0 Å². The Morgan fingerprint density at radius 2 is 1.27 bits per heavy atom. The molecule has 2 atom stereocenters. The molecule has 0 amide bonds. The summed E-state index contributed by atoms with van der Waals surface area (Å²) in [5.74, 6) is 0. The van der Waals surface area contributed by atoms with Gasteiger partial charge in [-0.1, -0.05) is 0 Å². The number of hydrogen-bond acceptors (Lipinski definition) is 2. The van der Waals surface area contributed by atoms with Crippen LogP contribution < -0.4 is 0 Å². The van der Waals surface area contributed by atoms with Crippen LogP contribution in [0.25, 0.3) is 0 Å². The molecule has 0 radical (unpaired) electrons. The summed E-state index contributed by atoms with van der Waals surface area (Å²) in [6.07, 6.45) is 8.06. The highest BCUT2D eigenvalue weighted by Crippen LogP contribution is 2.28. The topological polar surface area (TPSA) is 18.5 Å². The SMILES string of the molecule is [SiH3]C1([SiH2]C2([SiH3])CCCCO2)CCCCO1. The average molecular weight is 261 g/mol. The second-order valence-electron chi connectivity index (χ2n) is 5.69. The molecule has 0 aromatic carbocycles. The van der Waals surface area contributed by atoms with Gasteiger partial charge in [-0.3, -0.25) is 0 Å². The Bertz CT molecular complexity index is 189. The Hall–Kier alpha value is 0.571. The molecule has 2 nitrogen and oxygen atoms in total. The Labute approximate surface area is 101 Å². The fourth-order valence-corrected chi connectivity index (χ4v) is 13.7. The van der Waals surface area contributed by atoms with Gasteiger partial charge >= 0.3 is 0 Å². The van der Waals surface area contributed by atoms with Gasteiger partial charge < -0.3 is 9.47 Å². The molecule has 2 rings (SSSR count). The third kappa shape index (κ3) is 3.26. The van der Waals surface area contributed by atoms with Gasteiger partial charge in [-0.25, -0.2) is 0 Å². The smallest absolute Gasteiger partial charge is 0.0870 e. The lowest BCUT2D eigenvalue weighted by Gasteiger charge is -2.43. The van der Waals surface area contributed by atoms with Crippen LogP contribution in [-0.2, 0) is 9.47 Å². The summed E-state index contributed by atoms with van der Waals surface area (Å²) in [5.41, 5.74) is 0. The number of hydrogen-bond donors (Lipinski definition) is 0. The monoisotopic (exact) mass is 260 g/mol. The first-order valence-corrected chi connectivity index (χ1v) is 9.81. The Balaban J connectivity index is 1.93. The molecule has 0 spiro atoms. The minimum atomic E-state index is -0.194. The molecular formula is C10H24O2Si3. The van der Waals surface area contributed by atoms with Crippen LogP contribution in [0.5, 0.6) is 0 Å². The van der Waals surface area contributed by atoms with Gasteiger partial charge in [0, 0.05) is 43.4 Å². The van der Waals surface area contributed by atoms with Crippen molar-refractivity contribution < 1.29 is 9.47 Å². The zero-order chi connectivity index (χ0) is 10.8. The molecule has 2 saturated heterocycles. The molecule has 2 aliphatic heterocycles. The van der Waals surface area contributed by atoms with Crippen LogP contribution in [0.2, 0.25) is 0 Å². The highest BCUT2D eigenvalue weighted by atomic mass is 28.3. The summed E-state index contributed by atoms with van der Waals surface area (Å²) in [4.78, 5) is 0.772. The van der Waals surface area contributed by atoms with Crippen LogP contribution in [0.1, 0.15) is 38.5 Å². The van der Waals surface area contributed by atoms with Gasteiger partial charge in [0.2, 0.25) is 0 Å². The Morgan fingerprint density at radius 1 is 0.800 bits per heavy atom.